The molecule has 1 amide bonds. The van der Waals surface area contributed by atoms with E-state index in [1.54, 1.807) is 24.4 Å². The minimum atomic E-state index is -0.437. The summed E-state index contributed by atoms with van der Waals surface area (Å²) in [5, 5.41) is 2.76. The van der Waals surface area contributed by atoms with Crippen LogP contribution in [0.2, 0.25) is 0 Å². The molecule has 23 heavy (non-hydrogen) atoms. The second-order valence-corrected chi connectivity index (χ2v) is 5.84. The van der Waals surface area contributed by atoms with Crippen molar-refractivity contribution in [3.8, 4) is 11.1 Å². The molecule has 0 saturated carbocycles. The van der Waals surface area contributed by atoms with Gasteiger partial charge in [-0.1, -0.05) is 46.3 Å². The molecule has 2 N–H and O–H groups in total. The number of hydrogen-bond donors (Lipinski definition) is 2. The topological polar surface area (TPSA) is 62.0 Å². The maximum absolute atomic E-state index is 12.6. The number of aromatic nitrogens is 1. The lowest BCUT2D eigenvalue weighted by molar-refractivity contribution is 0.102. The summed E-state index contributed by atoms with van der Waals surface area (Å²) in [6.07, 6.45) is 1.54. The molecule has 3 rings (SSSR count). The standard InChI is InChI=1S/C18H13BrN2O2/c19-13-6-8-14(9-7-13)21-18(23)16-15(10-11-20-17(16)22)12-4-2-1-3-5-12/h1-11H,(H,20,22)(H,21,23). The SMILES string of the molecule is O=C(Nc1ccc(Br)cc1)c1c(-c2ccccc2)cc[nH]c1=O. The summed E-state index contributed by atoms with van der Waals surface area (Å²) in [5.41, 5.74) is 1.73. The molecule has 0 radical (unpaired) electrons. The average molecular weight is 369 g/mol. The zero-order valence-corrected chi connectivity index (χ0v) is 13.6. The Morgan fingerprint density at radius 2 is 1.65 bits per heavy atom. The first-order valence-corrected chi connectivity index (χ1v) is 7.78. The molecule has 0 unspecified atom stereocenters. The number of aromatic amines is 1. The molecule has 0 spiro atoms. The third-order valence-corrected chi connectivity index (χ3v) is 3.90. The van der Waals surface area contributed by atoms with Crippen LogP contribution in [0.1, 0.15) is 10.4 Å². The highest BCUT2D eigenvalue weighted by atomic mass is 79.9. The third kappa shape index (κ3) is 3.40. The number of H-pyrrole nitrogens is 1. The molecule has 1 heterocycles. The minimum absolute atomic E-state index is 0.0987. The summed E-state index contributed by atoms with van der Waals surface area (Å²) >= 11 is 3.34. The minimum Gasteiger partial charge on any atom is -0.328 e. The van der Waals surface area contributed by atoms with Gasteiger partial charge < -0.3 is 10.3 Å². The van der Waals surface area contributed by atoms with Crippen molar-refractivity contribution in [3.63, 3.8) is 0 Å². The van der Waals surface area contributed by atoms with E-state index in [0.29, 0.717) is 11.3 Å². The Balaban J connectivity index is 2.00. The highest BCUT2D eigenvalue weighted by Gasteiger charge is 2.17. The lowest BCUT2D eigenvalue weighted by atomic mass is 10.0. The van der Waals surface area contributed by atoms with Crippen LogP contribution < -0.4 is 10.9 Å². The van der Waals surface area contributed by atoms with Crippen LogP contribution in [0, 0.1) is 0 Å². The van der Waals surface area contributed by atoms with E-state index in [1.807, 2.05) is 42.5 Å². The Kier molecular flexibility index (Phi) is 4.39. The third-order valence-electron chi connectivity index (χ3n) is 3.37. The number of carbonyl (C=O) groups excluding carboxylic acids is 1. The first-order valence-electron chi connectivity index (χ1n) is 6.99. The molecular weight excluding hydrogens is 356 g/mol. The number of nitrogens with one attached hydrogen (secondary N) is 2. The Hall–Kier alpha value is -2.66. The number of anilines is 1. The van der Waals surface area contributed by atoms with Gasteiger partial charge in [-0.25, -0.2) is 0 Å². The normalized spacial score (nSPS) is 10.3. The molecule has 0 aliphatic carbocycles. The summed E-state index contributed by atoms with van der Waals surface area (Å²) in [4.78, 5) is 27.3. The van der Waals surface area contributed by atoms with E-state index < -0.39 is 11.5 Å². The van der Waals surface area contributed by atoms with Gasteiger partial charge in [-0.2, -0.15) is 0 Å². The van der Waals surface area contributed by atoms with E-state index in [0.717, 1.165) is 10.0 Å². The highest BCUT2D eigenvalue weighted by Crippen LogP contribution is 2.22. The number of amides is 1. The van der Waals surface area contributed by atoms with Crippen LogP contribution >= 0.6 is 15.9 Å². The average Bonchev–Trinajstić information content (AvgIpc) is 2.57. The van der Waals surface area contributed by atoms with E-state index in [2.05, 4.69) is 26.2 Å². The fourth-order valence-electron chi connectivity index (χ4n) is 2.29. The van der Waals surface area contributed by atoms with Crippen molar-refractivity contribution in [1.29, 1.82) is 0 Å². The Bertz CT molecular complexity index is 887. The fourth-order valence-corrected chi connectivity index (χ4v) is 2.55. The zero-order valence-electron chi connectivity index (χ0n) is 12.0. The predicted octanol–water partition coefficient (Wildman–Crippen LogP) is 4.06. The van der Waals surface area contributed by atoms with Crippen LogP contribution in [0.25, 0.3) is 11.1 Å². The molecule has 2 aromatic carbocycles. The second-order valence-electron chi connectivity index (χ2n) is 4.92. The van der Waals surface area contributed by atoms with Gasteiger partial charge in [-0.3, -0.25) is 9.59 Å². The largest absolute Gasteiger partial charge is 0.328 e. The Morgan fingerprint density at radius 3 is 2.35 bits per heavy atom. The maximum atomic E-state index is 12.6. The van der Waals surface area contributed by atoms with Crippen LogP contribution in [-0.4, -0.2) is 10.9 Å². The van der Waals surface area contributed by atoms with E-state index >= 15 is 0 Å². The molecule has 0 fully saturated rings. The van der Waals surface area contributed by atoms with Crippen molar-refractivity contribution >= 4 is 27.5 Å². The van der Waals surface area contributed by atoms with E-state index in [-0.39, 0.29) is 5.56 Å². The van der Waals surface area contributed by atoms with Crippen molar-refractivity contribution in [3.05, 3.63) is 87.3 Å². The van der Waals surface area contributed by atoms with Crippen molar-refractivity contribution in [2.24, 2.45) is 0 Å². The molecule has 3 aromatic rings. The molecular formula is C18H13BrN2O2. The molecule has 0 aliphatic heterocycles. The number of rotatable bonds is 3. The monoisotopic (exact) mass is 368 g/mol. The number of benzene rings is 2. The van der Waals surface area contributed by atoms with E-state index in [9.17, 15) is 9.59 Å². The van der Waals surface area contributed by atoms with Gasteiger partial charge in [0.25, 0.3) is 11.5 Å². The number of pyridine rings is 1. The smallest absolute Gasteiger partial charge is 0.261 e. The maximum Gasteiger partial charge on any atom is 0.261 e. The van der Waals surface area contributed by atoms with E-state index in [1.165, 1.54) is 0 Å². The van der Waals surface area contributed by atoms with Gasteiger partial charge >= 0.3 is 0 Å². The van der Waals surface area contributed by atoms with Crippen molar-refractivity contribution in [2.45, 2.75) is 0 Å². The zero-order chi connectivity index (χ0) is 16.2. The quantitative estimate of drug-likeness (QED) is 0.732. The molecule has 5 heteroatoms. The summed E-state index contributed by atoms with van der Waals surface area (Å²) in [6.45, 7) is 0. The van der Waals surface area contributed by atoms with E-state index in [4.69, 9.17) is 0 Å². The predicted molar refractivity (Wildman–Crippen MR) is 94.6 cm³/mol. The number of hydrogen-bond acceptors (Lipinski definition) is 2. The van der Waals surface area contributed by atoms with Crippen molar-refractivity contribution in [1.82, 2.24) is 4.98 Å². The van der Waals surface area contributed by atoms with Gasteiger partial charge in [0.15, 0.2) is 0 Å². The van der Waals surface area contributed by atoms with Crippen LogP contribution in [0.3, 0.4) is 0 Å². The molecule has 0 saturated heterocycles. The molecule has 0 bridgehead atoms. The summed E-state index contributed by atoms with van der Waals surface area (Å²) < 4.78 is 0.915. The van der Waals surface area contributed by atoms with Crippen LogP contribution in [0.4, 0.5) is 5.69 Å². The van der Waals surface area contributed by atoms with Gasteiger partial charge in [0.1, 0.15) is 5.56 Å². The van der Waals surface area contributed by atoms with Crippen LogP contribution in [0.15, 0.2) is 76.1 Å². The van der Waals surface area contributed by atoms with Gasteiger partial charge in [0, 0.05) is 21.9 Å². The Morgan fingerprint density at radius 1 is 0.957 bits per heavy atom. The first-order chi connectivity index (χ1) is 11.1. The highest BCUT2D eigenvalue weighted by molar-refractivity contribution is 9.10. The summed E-state index contributed by atoms with van der Waals surface area (Å²) in [7, 11) is 0. The molecule has 4 nitrogen and oxygen atoms in total. The van der Waals surface area contributed by atoms with Crippen molar-refractivity contribution < 1.29 is 4.79 Å². The van der Waals surface area contributed by atoms with Crippen LogP contribution in [-0.2, 0) is 0 Å². The summed E-state index contributed by atoms with van der Waals surface area (Å²) in [6, 6.07) is 18.3. The molecule has 1 aromatic heterocycles. The van der Waals surface area contributed by atoms with Gasteiger partial charge in [0.2, 0.25) is 0 Å². The second kappa shape index (κ2) is 6.62. The lowest BCUT2D eigenvalue weighted by Gasteiger charge is -2.09. The first kappa shape index (κ1) is 15.2. The molecule has 0 atom stereocenters. The molecule has 114 valence electrons. The Labute approximate surface area is 141 Å². The van der Waals surface area contributed by atoms with Crippen molar-refractivity contribution in [2.75, 3.05) is 5.32 Å². The fraction of sp³-hybridized carbons (Fsp3) is 0. The lowest BCUT2D eigenvalue weighted by Crippen LogP contribution is -2.24. The van der Waals surface area contributed by atoms with Crippen LogP contribution in [0.5, 0.6) is 0 Å². The van der Waals surface area contributed by atoms with Gasteiger partial charge in [-0.05, 0) is 35.9 Å². The number of carbonyl (C=O) groups is 1. The van der Waals surface area contributed by atoms with Gasteiger partial charge in [0.05, 0.1) is 0 Å². The number of halogens is 1. The van der Waals surface area contributed by atoms with Gasteiger partial charge in [-0.15, -0.1) is 0 Å². The summed E-state index contributed by atoms with van der Waals surface area (Å²) in [5.74, 6) is -0.437. The molecule has 0 aliphatic rings.